The van der Waals surface area contributed by atoms with Gasteiger partial charge in [0.1, 0.15) is 0 Å². The zero-order chi connectivity index (χ0) is 15.2. The predicted molar refractivity (Wildman–Crippen MR) is 84.4 cm³/mol. The Labute approximate surface area is 129 Å². The van der Waals surface area contributed by atoms with Crippen LogP contribution < -0.4 is 0 Å². The summed E-state index contributed by atoms with van der Waals surface area (Å²) in [7, 11) is 0.705. The van der Waals surface area contributed by atoms with Crippen molar-refractivity contribution >= 4 is 21.8 Å². The Bertz CT molecular complexity index is 368. The quantitative estimate of drug-likeness (QED) is 0.635. The molecule has 1 fully saturated rings. The van der Waals surface area contributed by atoms with E-state index in [1.807, 2.05) is 21.0 Å². The summed E-state index contributed by atoms with van der Waals surface area (Å²) < 4.78 is 28.4. The zero-order valence-electron chi connectivity index (χ0n) is 12.9. The van der Waals surface area contributed by atoms with Gasteiger partial charge >= 0.3 is 0 Å². The van der Waals surface area contributed by atoms with Crippen LogP contribution in [-0.4, -0.2) is 74.6 Å². The van der Waals surface area contributed by atoms with Gasteiger partial charge in [-0.15, -0.1) is 11.6 Å². The highest BCUT2D eigenvalue weighted by Gasteiger charge is 2.31. The summed E-state index contributed by atoms with van der Waals surface area (Å²) in [4.78, 5) is 2.08. The van der Waals surface area contributed by atoms with E-state index in [0.29, 0.717) is 38.0 Å². The maximum atomic E-state index is 12.6. The number of rotatable bonds is 8. The fourth-order valence-corrected chi connectivity index (χ4v) is 4.45. The molecule has 0 aliphatic carbocycles. The Hall–Kier alpha value is 0.120. The van der Waals surface area contributed by atoms with Gasteiger partial charge in [-0.2, -0.15) is 17.0 Å². The third-order valence-electron chi connectivity index (χ3n) is 3.81. The fourth-order valence-electron chi connectivity index (χ4n) is 2.46. The second-order valence-corrected chi connectivity index (χ2v) is 7.89. The van der Waals surface area contributed by atoms with Crippen LogP contribution in [0.3, 0.4) is 0 Å². The van der Waals surface area contributed by atoms with Gasteiger partial charge in [-0.3, -0.25) is 0 Å². The molecule has 0 N–H and O–H groups in total. The Balaban J connectivity index is 2.56. The highest BCUT2D eigenvalue weighted by Crippen LogP contribution is 2.22. The molecule has 1 aliphatic rings. The summed E-state index contributed by atoms with van der Waals surface area (Å²) >= 11 is 5.85. The number of piperidine rings is 1. The molecule has 0 atom stereocenters. The van der Waals surface area contributed by atoms with E-state index in [0.717, 1.165) is 25.8 Å². The maximum Gasteiger partial charge on any atom is 0.281 e. The van der Waals surface area contributed by atoms with E-state index in [4.69, 9.17) is 11.6 Å². The Kier molecular flexibility index (Phi) is 7.75. The summed E-state index contributed by atoms with van der Waals surface area (Å²) in [6.07, 6.45) is 2.61. The molecule has 0 amide bonds. The molecule has 1 rings (SSSR count). The number of halogens is 1. The van der Waals surface area contributed by atoms with E-state index in [1.165, 1.54) is 0 Å². The highest BCUT2D eigenvalue weighted by molar-refractivity contribution is 7.86. The van der Waals surface area contributed by atoms with Crippen LogP contribution in [-0.2, 0) is 10.2 Å². The third-order valence-corrected chi connectivity index (χ3v) is 6.36. The smallest absolute Gasteiger partial charge is 0.281 e. The van der Waals surface area contributed by atoms with Crippen molar-refractivity contribution in [3.8, 4) is 0 Å². The summed E-state index contributed by atoms with van der Waals surface area (Å²) in [5.74, 6) is 1.10. The molecular weight excluding hydrogens is 298 g/mol. The molecule has 0 radical (unpaired) electrons. The van der Waals surface area contributed by atoms with Crippen molar-refractivity contribution in [3.63, 3.8) is 0 Å². The van der Waals surface area contributed by atoms with Crippen LogP contribution in [0.15, 0.2) is 0 Å². The lowest BCUT2D eigenvalue weighted by molar-refractivity contribution is 0.263. The monoisotopic (exact) mass is 325 g/mol. The van der Waals surface area contributed by atoms with E-state index >= 15 is 0 Å². The van der Waals surface area contributed by atoms with Gasteiger partial charge in [0.2, 0.25) is 0 Å². The number of hydrogen-bond acceptors (Lipinski definition) is 3. The van der Waals surface area contributed by atoms with Crippen LogP contribution >= 0.6 is 11.6 Å². The summed E-state index contributed by atoms with van der Waals surface area (Å²) in [5.41, 5.74) is 0. The SMILES string of the molecule is CCN(CCCN(C)C)S(=O)(=O)N1CCC(CCl)CC1. The molecule has 20 heavy (non-hydrogen) atoms. The van der Waals surface area contributed by atoms with E-state index in [-0.39, 0.29) is 0 Å². The summed E-state index contributed by atoms with van der Waals surface area (Å²) in [6.45, 7) is 5.13. The molecule has 1 aliphatic heterocycles. The first-order valence-electron chi connectivity index (χ1n) is 7.37. The molecule has 1 saturated heterocycles. The first-order chi connectivity index (χ1) is 9.41. The summed E-state index contributed by atoms with van der Waals surface area (Å²) in [5, 5.41) is 0. The van der Waals surface area contributed by atoms with Gasteiger partial charge < -0.3 is 4.90 Å². The average Bonchev–Trinajstić information content (AvgIpc) is 2.43. The maximum absolute atomic E-state index is 12.6. The largest absolute Gasteiger partial charge is 0.309 e. The van der Waals surface area contributed by atoms with Crippen LogP contribution in [0, 0.1) is 5.92 Å². The van der Waals surface area contributed by atoms with Gasteiger partial charge in [0.25, 0.3) is 10.2 Å². The Morgan fingerprint density at radius 2 is 1.80 bits per heavy atom. The number of alkyl halides is 1. The van der Waals surface area contributed by atoms with Crippen molar-refractivity contribution in [2.75, 3.05) is 52.7 Å². The fraction of sp³-hybridized carbons (Fsp3) is 1.00. The standard InChI is InChI=1S/C13H28ClN3O2S/c1-4-16(9-5-8-15(2)3)20(18,19)17-10-6-13(12-14)7-11-17/h13H,4-12H2,1-3H3. The van der Waals surface area contributed by atoms with Gasteiger partial charge in [-0.1, -0.05) is 6.92 Å². The van der Waals surface area contributed by atoms with Crippen molar-refractivity contribution in [1.82, 2.24) is 13.5 Å². The van der Waals surface area contributed by atoms with E-state index in [9.17, 15) is 8.42 Å². The zero-order valence-corrected chi connectivity index (χ0v) is 14.5. The van der Waals surface area contributed by atoms with Gasteiger partial charge in [0, 0.05) is 32.1 Å². The molecule has 5 nitrogen and oxygen atoms in total. The molecule has 0 spiro atoms. The van der Waals surface area contributed by atoms with Crippen molar-refractivity contribution in [1.29, 1.82) is 0 Å². The van der Waals surface area contributed by atoms with Crippen molar-refractivity contribution in [3.05, 3.63) is 0 Å². The number of hydrogen-bond donors (Lipinski definition) is 0. The first-order valence-corrected chi connectivity index (χ1v) is 9.30. The molecule has 0 aromatic rings. The predicted octanol–water partition coefficient (Wildman–Crippen LogP) is 1.46. The van der Waals surface area contributed by atoms with Crippen LogP contribution in [0.4, 0.5) is 0 Å². The van der Waals surface area contributed by atoms with Gasteiger partial charge in [-0.05, 0) is 45.8 Å². The first kappa shape index (κ1) is 18.2. The van der Waals surface area contributed by atoms with Gasteiger partial charge in [0.05, 0.1) is 0 Å². The molecule has 0 saturated carbocycles. The van der Waals surface area contributed by atoms with Crippen LogP contribution in [0.25, 0.3) is 0 Å². The van der Waals surface area contributed by atoms with Gasteiger partial charge in [-0.25, -0.2) is 0 Å². The molecule has 1 heterocycles. The van der Waals surface area contributed by atoms with Gasteiger partial charge in [0.15, 0.2) is 0 Å². The second kappa shape index (κ2) is 8.54. The van der Waals surface area contributed by atoms with Crippen molar-refractivity contribution in [2.45, 2.75) is 26.2 Å². The topological polar surface area (TPSA) is 43.9 Å². The second-order valence-electron chi connectivity index (χ2n) is 5.65. The lowest BCUT2D eigenvalue weighted by atomic mass is 10.0. The number of nitrogens with zero attached hydrogens (tertiary/aromatic N) is 3. The summed E-state index contributed by atoms with van der Waals surface area (Å²) in [6, 6.07) is 0. The Morgan fingerprint density at radius 1 is 1.20 bits per heavy atom. The molecule has 0 aromatic carbocycles. The molecule has 120 valence electrons. The van der Waals surface area contributed by atoms with Crippen molar-refractivity contribution in [2.24, 2.45) is 5.92 Å². The lowest BCUT2D eigenvalue weighted by Gasteiger charge is -2.34. The van der Waals surface area contributed by atoms with E-state index in [2.05, 4.69) is 4.90 Å². The van der Waals surface area contributed by atoms with Crippen LogP contribution in [0.1, 0.15) is 26.2 Å². The minimum absolute atomic E-state index is 0.465. The normalized spacial score (nSPS) is 19.1. The van der Waals surface area contributed by atoms with E-state index < -0.39 is 10.2 Å². The van der Waals surface area contributed by atoms with Crippen LogP contribution in [0.5, 0.6) is 0 Å². The van der Waals surface area contributed by atoms with Crippen molar-refractivity contribution < 1.29 is 8.42 Å². The minimum atomic E-state index is -3.30. The minimum Gasteiger partial charge on any atom is -0.309 e. The molecule has 0 aromatic heterocycles. The average molecular weight is 326 g/mol. The van der Waals surface area contributed by atoms with E-state index in [1.54, 1.807) is 8.61 Å². The molecular formula is C13H28ClN3O2S. The Morgan fingerprint density at radius 3 is 2.25 bits per heavy atom. The third kappa shape index (κ3) is 5.15. The molecule has 0 bridgehead atoms. The van der Waals surface area contributed by atoms with Crippen LogP contribution in [0.2, 0.25) is 0 Å². The lowest BCUT2D eigenvalue weighted by Crippen LogP contribution is -2.47. The highest BCUT2D eigenvalue weighted by atomic mass is 35.5. The molecule has 7 heteroatoms. The molecule has 0 unspecified atom stereocenters.